The molecule has 0 saturated heterocycles. The Morgan fingerprint density at radius 3 is 2.87 bits per heavy atom. The first kappa shape index (κ1) is 10.7. The van der Waals surface area contributed by atoms with Crippen LogP contribution in [0, 0.1) is 5.41 Å². The molecule has 1 saturated carbocycles. The second kappa shape index (κ2) is 4.00. The topological polar surface area (TPSA) is 51.0 Å². The Morgan fingerprint density at radius 1 is 1.53 bits per heavy atom. The van der Waals surface area contributed by atoms with Crippen LogP contribution in [0.4, 0.5) is 6.01 Å². The summed E-state index contributed by atoms with van der Waals surface area (Å²) in [5.74, 6) is 1.11. The fraction of sp³-hybridized carbons (Fsp3) is 0.800. The molecule has 84 valence electrons. The molecule has 1 fully saturated rings. The van der Waals surface area contributed by atoms with Crippen LogP contribution in [0.1, 0.15) is 32.6 Å². The Bertz CT molecular complexity index is 337. The normalized spacial score (nSPS) is 23.5. The second-order valence-electron chi connectivity index (χ2n) is 4.66. The molecule has 2 rings (SSSR count). The average Bonchev–Trinajstić information content (AvgIpc) is 2.61. The Balaban J connectivity index is 1.93. The Kier molecular flexibility index (Phi) is 2.87. The molecule has 1 N–H and O–H groups in total. The van der Waals surface area contributed by atoms with Gasteiger partial charge in [0.15, 0.2) is 0 Å². The quantitative estimate of drug-likeness (QED) is 0.806. The molecule has 0 aromatic carbocycles. The van der Waals surface area contributed by atoms with Crippen LogP contribution < -0.4 is 5.32 Å². The van der Waals surface area contributed by atoms with E-state index in [4.69, 9.17) is 16.0 Å². The maximum absolute atomic E-state index is 5.59. The maximum Gasteiger partial charge on any atom is 0.315 e. The summed E-state index contributed by atoms with van der Waals surface area (Å²) in [6.07, 6.45) is 3.04. The third-order valence-electron chi connectivity index (χ3n) is 3.09. The van der Waals surface area contributed by atoms with Gasteiger partial charge >= 0.3 is 6.01 Å². The van der Waals surface area contributed by atoms with E-state index in [0.717, 1.165) is 0 Å². The summed E-state index contributed by atoms with van der Waals surface area (Å²) in [6, 6.07) is 0.967. The summed E-state index contributed by atoms with van der Waals surface area (Å²) in [5, 5.41) is 11.1. The van der Waals surface area contributed by atoms with E-state index in [1.807, 2.05) is 0 Å². The standard InChI is InChI=1S/C10H16ClN3O/c1-10(2)5-3-7(10)12-9-14-13-8(15-9)4-6-11/h7H,3-6H2,1-2H3,(H,12,14). The fourth-order valence-electron chi connectivity index (χ4n) is 1.78. The monoisotopic (exact) mass is 229 g/mol. The number of alkyl halides is 1. The van der Waals surface area contributed by atoms with E-state index in [1.54, 1.807) is 0 Å². The number of halogens is 1. The maximum atomic E-state index is 5.59. The lowest BCUT2D eigenvalue weighted by Crippen LogP contribution is -2.45. The summed E-state index contributed by atoms with van der Waals surface area (Å²) in [5.41, 5.74) is 0.334. The summed E-state index contributed by atoms with van der Waals surface area (Å²) in [7, 11) is 0. The van der Waals surface area contributed by atoms with E-state index in [2.05, 4.69) is 29.4 Å². The molecule has 0 amide bonds. The molecule has 1 unspecified atom stereocenters. The van der Waals surface area contributed by atoms with Crippen molar-refractivity contribution in [3.63, 3.8) is 0 Å². The molecule has 5 heteroatoms. The lowest BCUT2D eigenvalue weighted by atomic mass is 9.67. The van der Waals surface area contributed by atoms with E-state index in [0.29, 0.717) is 35.7 Å². The van der Waals surface area contributed by atoms with Crippen molar-refractivity contribution in [1.29, 1.82) is 0 Å². The number of aromatic nitrogens is 2. The number of hydrogen-bond acceptors (Lipinski definition) is 4. The number of nitrogens with one attached hydrogen (secondary N) is 1. The van der Waals surface area contributed by atoms with Crippen molar-refractivity contribution < 1.29 is 4.42 Å². The van der Waals surface area contributed by atoms with Crippen LogP contribution in [0.25, 0.3) is 0 Å². The van der Waals surface area contributed by atoms with Crippen molar-refractivity contribution in [3.8, 4) is 0 Å². The predicted molar refractivity (Wildman–Crippen MR) is 59.1 cm³/mol. The lowest BCUT2D eigenvalue weighted by Gasteiger charge is -2.44. The minimum Gasteiger partial charge on any atom is -0.408 e. The highest BCUT2D eigenvalue weighted by Crippen LogP contribution is 2.41. The summed E-state index contributed by atoms with van der Waals surface area (Å²) in [6.45, 7) is 4.48. The van der Waals surface area contributed by atoms with Crippen molar-refractivity contribution in [1.82, 2.24) is 10.2 Å². The first-order valence-electron chi connectivity index (χ1n) is 5.27. The van der Waals surface area contributed by atoms with Gasteiger partial charge in [0.1, 0.15) is 0 Å². The third-order valence-corrected chi connectivity index (χ3v) is 3.28. The SMILES string of the molecule is CC1(C)CCC1Nc1nnc(CCCl)o1. The van der Waals surface area contributed by atoms with Crippen LogP contribution in [-0.4, -0.2) is 22.1 Å². The molecule has 1 aliphatic rings. The molecular formula is C10H16ClN3O. The smallest absolute Gasteiger partial charge is 0.315 e. The van der Waals surface area contributed by atoms with Crippen LogP contribution >= 0.6 is 11.6 Å². The molecule has 4 nitrogen and oxygen atoms in total. The van der Waals surface area contributed by atoms with Crippen molar-refractivity contribution >= 4 is 17.6 Å². The van der Waals surface area contributed by atoms with Crippen LogP contribution in [0.15, 0.2) is 4.42 Å². The van der Waals surface area contributed by atoms with Gasteiger partial charge in [0, 0.05) is 18.3 Å². The van der Waals surface area contributed by atoms with Crippen molar-refractivity contribution in [2.75, 3.05) is 11.2 Å². The second-order valence-corrected chi connectivity index (χ2v) is 5.04. The van der Waals surface area contributed by atoms with Crippen LogP contribution in [-0.2, 0) is 6.42 Å². The molecule has 1 atom stereocenters. The number of hydrogen-bond donors (Lipinski definition) is 1. The highest BCUT2D eigenvalue weighted by atomic mass is 35.5. The van der Waals surface area contributed by atoms with Crippen molar-refractivity contribution in [2.24, 2.45) is 5.41 Å². The van der Waals surface area contributed by atoms with Gasteiger partial charge in [0.2, 0.25) is 5.89 Å². The molecule has 0 spiro atoms. The van der Waals surface area contributed by atoms with Gasteiger partial charge in [0.05, 0.1) is 0 Å². The van der Waals surface area contributed by atoms with Gasteiger partial charge in [-0.2, -0.15) is 0 Å². The summed E-state index contributed by atoms with van der Waals surface area (Å²) in [4.78, 5) is 0. The zero-order chi connectivity index (χ0) is 10.9. The van der Waals surface area contributed by atoms with Crippen LogP contribution in [0.3, 0.4) is 0 Å². The van der Waals surface area contributed by atoms with Crippen LogP contribution in [0.2, 0.25) is 0 Å². The minimum atomic E-state index is 0.334. The number of nitrogens with zero attached hydrogens (tertiary/aromatic N) is 2. The van der Waals surface area contributed by atoms with Gasteiger partial charge in [0.25, 0.3) is 0 Å². The van der Waals surface area contributed by atoms with Gasteiger partial charge in [-0.3, -0.25) is 0 Å². The van der Waals surface area contributed by atoms with E-state index >= 15 is 0 Å². The minimum absolute atomic E-state index is 0.334. The largest absolute Gasteiger partial charge is 0.408 e. The van der Waals surface area contributed by atoms with E-state index in [-0.39, 0.29) is 0 Å². The Hall–Kier alpha value is -0.770. The lowest BCUT2D eigenvalue weighted by molar-refractivity contribution is 0.157. The van der Waals surface area contributed by atoms with E-state index < -0.39 is 0 Å². The molecule has 0 bridgehead atoms. The first-order valence-corrected chi connectivity index (χ1v) is 5.80. The fourth-order valence-corrected chi connectivity index (χ4v) is 1.94. The van der Waals surface area contributed by atoms with Crippen LogP contribution in [0.5, 0.6) is 0 Å². The molecule has 1 aromatic rings. The first-order chi connectivity index (χ1) is 7.12. The molecular weight excluding hydrogens is 214 g/mol. The Labute approximate surface area is 94.4 Å². The number of rotatable bonds is 4. The van der Waals surface area contributed by atoms with Gasteiger partial charge in [-0.15, -0.1) is 16.7 Å². The highest BCUT2D eigenvalue weighted by molar-refractivity contribution is 6.17. The Morgan fingerprint density at radius 2 is 2.33 bits per heavy atom. The van der Waals surface area contributed by atoms with Gasteiger partial charge in [-0.05, 0) is 18.3 Å². The zero-order valence-corrected chi connectivity index (χ0v) is 9.84. The molecule has 0 radical (unpaired) electrons. The van der Waals surface area contributed by atoms with E-state index in [9.17, 15) is 0 Å². The molecule has 1 aliphatic carbocycles. The molecule has 15 heavy (non-hydrogen) atoms. The zero-order valence-electron chi connectivity index (χ0n) is 9.09. The summed E-state index contributed by atoms with van der Waals surface area (Å²) < 4.78 is 5.41. The van der Waals surface area contributed by atoms with Crippen molar-refractivity contribution in [2.45, 2.75) is 39.2 Å². The number of aryl methyl sites for hydroxylation is 1. The van der Waals surface area contributed by atoms with Gasteiger partial charge < -0.3 is 9.73 Å². The highest BCUT2D eigenvalue weighted by Gasteiger charge is 2.39. The molecule has 1 aromatic heterocycles. The van der Waals surface area contributed by atoms with E-state index in [1.165, 1.54) is 12.8 Å². The van der Waals surface area contributed by atoms with Crippen molar-refractivity contribution in [3.05, 3.63) is 5.89 Å². The third kappa shape index (κ3) is 2.25. The summed E-state index contributed by atoms with van der Waals surface area (Å²) >= 11 is 5.59. The van der Waals surface area contributed by atoms with Gasteiger partial charge in [-0.25, -0.2) is 0 Å². The predicted octanol–water partition coefficient (Wildman–Crippen LogP) is 2.45. The van der Waals surface area contributed by atoms with Gasteiger partial charge in [-0.1, -0.05) is 18.9 Å². The molecule has 0 aliphatic heterocycles. The molecule has 1 heterocycles. The average molecular weight is 230 g/mol. The number of anilines is 1.